The number of nitrogens with zero attached hydrogens (tertiary/aromatic N) is 2. The Morgan fingerprint density at radius 3 is 2.61 bits per heavy atom. The van der Waals surface area contributed by atoms with E-state index in [-0.39, 0.29) is 17.2 Å². The number of nitriles is 1. The molecule has 1 saturated heterocycles. The third kappa shape index (κ3) is 4.48. The van der Waals surface area contributed by atoms with E-state index in [0.717, 1.165) is 12.8 Å². The number of carbonyl (C=O) groups excluding carboxylic acids is 3. The lowest BCUT2D eigenvalue weighted by Crippen LogP contribution is -2.35. The number of hydrogen-bond acceptors (Lipinski definition) is 4. The van der Waals surface area contributed by atoms with Crippen LogP contribution in [0, 0.1) is 11.3 Å². The van der Waals surface area contributed by atoms with Gasteiger partial charge < -0.3 is 15.5 Å². The summed E-state index contributed by atoms with van der Waals surface area (Å²) < 4.78 is 0. The highest BCUT2D eigenvalue weighted by atomic mass is 35.5. The monoisotopic (exact) mass is 396 g/mol. The number of rotatable bonds is 3. The second kappa shape index (κ2) is 8.55. The molecule has 2 aromatic rings. The molecule has 142 valence electrons. The molecule has 0 saturated carbocycles. The van der Waals surface area contributed by atoms with Crippen molar-refractivity contribution in [1.29, 1.82) is 5.26 Å². The second-order valence-electron chi connectivity index (χ2n) is 6.26. The van der Waals surface area contributed by atoms with Crippen molar-refractivity contribution in [3.8, 4) is 6.07 Å². The van der Waals surface area contributed by atoms with Crippen molar-refractivity contribution in [2.24, 2.45) is 0 Å². The molecule has 3 amide bonds. The fraction of sp³-hybridized carbons (Fsp3) is 0.200. The Morgan fingerprint density at radius 2 is 1.86 bits per heavy atom. The Labute approximate surface area is 166 Å². The van der Waals surface area contributed by atoms with E-state index in [1.54, 1.807) is 29.2 Å². The van der Waals surface area contributed by atoms with Crippen molar-refractivity contribution in [3.63, 3.8) is 0 Å². The minimum Gasteiger partial charge on any atom is -0.318 e. The van der Waals surface area contributed by atoms with Crippen LogP contribution in [0.3, 0.4) is 0 Å². The number of amides is 3. The molecule has 0 spiro atoms. The Hall–Kier alpha value is -3.37. The summed E-state index contributed by atoms with van der Waals surface area (Å²) >= 11 is 5.88. The number of halogens is 1. The lowest BCUT2D eigenvalue weighted by molar-refractivity contribution is -0.133. The second-order valence-corrected chi connectivity index (χ2v) is 6.70. The van der Waals surface area contributed by atoms with Gasteiger partial charge in [0.05, 0.1) is 11.3 Å². The van der Waals surface area contributed by atoms with Crippen molar-refractivity contribution in [2.45, 2.75) is 19.3 Å². The van der Waals surface area contributed by atoms with Crippen LogP contribution in [0.1, 0.15) is 24.8 Å². The van der Waals surface area contributed by atoms with E-state index in [0.29, 0.717) is 29.4 Å². The zero-order valence-electron chi connectivity index (χ0n) is 14.9. The van der Waals surface area contributed by atoms with Crippen molar-refractivity contribution in [3.05, 3.63) is 53.1 Å². The Kier molecular flexibility index (Phi) is 5.92. The summed E-state index contributed by atoms with van der Waals surface area (Å²) in [6, 6.07) is 13.1. The van der Waals surface area contributed by atoms with E-state index in [2.05, 4.69) is 10.6 Å². The number of hydrogen-bond donors (Lipinski definition) is 2. The third-order valence-electron chi connectivity index (χ3n) is 4.30. The number of piperidine rings is 1. The quantitative estimate of drug-likeness (QED) is 0.777. The van der Waals surface area contributed by atoms with Crippen LogP contribution < -0.4 is 15.5 Å². The highest BCUT2D eigenvalue weighted by Gasteiger charge is 2.21. The van der Waals surface area contributed by atoms with Gasteiger partial charge in [-0.3, -0.25) is 14.4 Å². The zero-order valence-corrected chi connectivity index (χ0v) is 15.6. The molecule has 0 aliphatic carbocycles. The molecule has 1 heterocycles. The summed E-state index contributed by atoms with van der Waals surface area (Å²) in [5.41, 5.74) is 1.41. The van der Waals surface area contributed by atoms with Gasteiger partial charge in [0.2, 0.25) is 5.91 Å². The van der Waals surface area contributed by atoms with Gasteiger partial charge in [-0.1, -0.05) is 17.7 Å². The minimum atomic E-state index is -0.932. The lowest BCUT2D eigenvalue weighted by atomic mass is 10.1. The molecule has 0 aromatic heterocycles. The highest BCUT2D eigenvalue weighted by Crippen LogP contribution is 2.24. The average molecular weight is 397 g/mol. The first-order valence-electron chi connectivity index (χ1n) is 8.70. The van der Waals surface area contributed by atoms with E-state index in [1.807, 2.05) is 6.07 Å². The third-order valence-corrected chi connectivity index (χ3v) is 4.53. The van der Waals surface area contributed by atoms with Crippen LogP contribution in [0.2, 0.25) is 5.02 Å². The first kappa shape index (κ1) is 19.4. The number of anilines is 3. The van der Waals surface area contributed by atoms with Crippen LogP contribution in [0.4, 0.5) is 17.1 Å². The Bertz CT molecular complexity index is 984. The molecule has 7 nitrogen and oxygen atoms in total. The Balaban J connectivity index is 1.70. The molecule has 2 N–H and O–H groups in total. The predicted octanol–water partition coefficient (Wildman–Crippen LogP) is 3.31. The molecule has 28 heavy (non-hydrogen) atoms. The molecular weight excluding hydrogens is 380 g/mol. The highest BCUT2D eigenvalue weighted by molar-refractivity contribution is 6.44. The van der Waals surface area contributed by atoms with Crippen LogP contribution in [-0.2, 0) is 14.4 Å². The normalized spacial score (nSPS) is 13.6. The van der Waals surface area contributed by atoms with Gasteiger partial charge >= 0.3 is 11.8 Å². The smallest absolute Gasteiger partial charge is 0.314 e. The van der Waals surface area contributed by atoms with Gasteiger partial charge in [-0.25, -0.2) is 0 Å². The molecule has 0 unspecified atom stereocenters. The number of benzene rings is 2. The van der Waals surface area contributed by atoms with Crippen molar-refractivity contribution in [2.75, 3.05) is 22.1 Å². The van der Waals surface area contributed by atoms with E-state index >= 15 is 0 Å². The molecule has 0 bridgehead atoms. The summed E-state index contributed by atoms with van der Waals surface area (Å²) in [6.45, 7) is 0.627. The summed E-state index contributed by atoms with van der Waals surface area (Å²) in [5.74, 6) is -1.79. The standard InChI is InChI=1S/C20H17ClN4O3/c21-14-8-7-13(12-22)17(10-14)24-20(28)19(27)23-15-4-3-5-16(11-15)25-9-2-1-6-18(25)26/h3-5,7-8,10-11H,1-2,6,9H2,(H,23,27)(H,24,28). The van der Waals surface area contributed by atoms with Crippen molar-refractivity contribution < 1.29 is 14.4 Å². The summed E-state index contributed by atoms with van der Waals surface area (Å²) in [4.78, 5) is 38.2. The fourth-order valence-electron chi connectivity index (χ4n) is 2.91. The van der Waals surface area contributed by atoms with Crippen molar-refractivity contribution >= 4 is 46.4 Å². The van der Waals surface area contributed by atoms with Gasteiger partial charge in [0.1, 0.15) is 6.07 Å². The summed E-state index contributed by atoms with van der Waals surface area (Å²) in [5, 5.41) is 14.3. The van der Waals surface area contributed by atoms with Gasteiger partial charge in [0.25, 0.3) is 0 Å². The van der Waals surface area contributed by atoms with Gasteiger partial charge in [-0.05, 0) is 49.2 Å². The molecule has 1 aliphatic rings. The SMILES string of the molecule is N#Cc1ccc(Cl)cc1NC(=O)C(=O)Nc1cccc(N2CCCCC2=O)c1. The number of nitrogens with one attached hydrogen (secondary N) is 2. The summed E-state index contributed by atoms with van der Waals surface area (Å²) in [7, 11) is 0. The first-order chi connectivity index (χ1) is 13.5. The molecule has 1 fully saturated rings. The van der Waals surface area contributed by atoms with Gasteiger partial charge in [0, 0.05) is 29.4 Å². The first-order valence-corrected chi connectivity index (χ1v) is 9.08. The zero-order chi connectivity index (χ0) is 20.1. The maximum absolute atomic E-state index is 12.2. The molecule has 2 aromatic carbocycles. The average Bonchev–Trinajstić information content (AvgIpc) is 2.68. The lowest BCUT2D eigenvalue weighted by Gasteiger charge is -2.27. The van der Waals surface area contributed by atoms with Crippen LogP contribution in [0.15, 0.2) is 42.5 Å². The van der Waals surface area contributed by atoms with Crippen LogP contribution in [0.5, 0.6) is 0 Å². The van der Waals surface area contributed by atoms with Crippen molar-refractivity contribution in [1.82, 2.24) is 0 Å². The number of carbonyl (C=O) groups is 3. The predicted molar refractivity (Wildman–Crippen MR) is 106 cm³/mol. The Morgan fingerprint density at radius 1 is 1.07 bits per heavy atom. The van der Waals surface area contributed by atoms with E-state index in [4.69, 9.17) is 16.9 Å². The molecule has 3 rings (SSSR count). The van der Waals surface area contributed by atoms with Gasteiger partial charge in [-0.2, -0.15) is 5.26 Å². The van der Waals surface area contributed by atoms with E-state index in [9.17, 15) is 14.4 Å². The van der Waals surface area contributed by atoms with Gasteiger partial charge in [0.15, 0.2) is 0 Å². The maximum Gasteiger partial charge on any atom is 0.314 e. The van der Waals surface area contributed by atoms with E-state index in [1.165, 1.54) is 18.2 Å². The van der Waals surface area contributed by atoms with Crippen LogP contribution >= 0.6 is 11.6 Å². The maximum atomic E-state index is 12.2. The van der Waals surface area contributed by atoms with Crippen LogP contribution in [0.25, 0.3) is 0 Å². The van der Waals surface area contributed by atoms with Crippen LogP contribution in [-0.4, -0.2) is 24.3 Å². The minimum absolute atomic E-state index is 0.0393. The molecule has 8 heteroatoms. The fourth-order valence-corrected chi connectivity index (χ4v) is 3.09. The molecule has 1 aliphatic heterocycles. The summed E-state index contributed by atoms with van der Waals surface area (Å²) in [6.07, 6.45) is 2.30. The molecule has 0 radical (unpaired) electrons. The molecular formula is C20H17ClN4O3. The topological polar surface area (TPSA) is 102 Å². The van der Waals surface area contributed by atoms with Gasteiger partial charge in [-0.15, -0.1) is 0 Å². The largest absolute Gasteiger partial charge is 0.318 e. The molecule has 0 atom stereocenters. The van der Waals surface area contributed by atoms with E-state index < -0.39 is 11.8 Å².